The highest BCUT2D eigenvalue weighted by molar-refractivity contribution is 5.16. The van der Waals surface area contributed by atoms with E-state index in [1.54, 1.807) is 0 Å². The van der Waals surface area contributed by atoms with E-state index in [0.29, 0.717) is 0 Å². The predicted octanol–water partition coefficient (Wildman–Crippen LogP) is 1.26. The largest absolute Gasteiger partial charge is 0.333 e. The van der Waals surface area contributed by atoms with E-state index < -0.39 is 0 Å². The minimum atomic E-state index is 0.939. The van der Waals surface area contributed by atoms with Crippen LogP contribution in [0, 0.1) is 0 Å². The predicted molar refractivity (Wildman–Crippen MR) is 70.0 cm³/mol. The molecule has 17 heavy (non-hydrogen) atoms. The molecule has 96 valence electrons. The maximum Gasteiger partial charge on any atom is 0.0952 e. The Morgan fingerprint density at radius 3 is 3.06 bits per heavy atom. The number of likely N-dealkylation sites (N-methyl/N-ethyl adjacent to an activating group) is 1. The fraction of sp³-hybridized carbons (Fsp3) is 0.769. The standard InChI is InChI=1S/C13H24N4/c1-3-7-16(4-2)8-9-17-11-15-12-10-14-6-5-13(12)17/h11,14H,3-10H2,1-2H3. The Labute approximate surface area is 104 Å². The molecule has 0 unspecified atom stereocenters. The van der Waals surface area contributed by atoms with Gasteiger partial charge in [0.2, 0.25) is 0 Å². The fourth-order valence-corrected chi connectivity index (χ4v) is 2.48. The van der Waals surface area contributed by atoms with Gasteiger partial charge in [-0.15, -0.1) is 0 Å². The number of aromatic nitrogens is 2. The lowest BCUT2D eigenvalue weighted by Gasteiger charge is -2.21. The molecule has 2 rings (SSSR count). The summed E-state index contributed by atoms with van der Waals surface area (Å²) in [6, 6.07) is 0. The second-order valence-electron chi connectivity index (χ2n) is 4.69. The molecule has 4 nitrogen and oxygen atoms in total. The molecule has 2 heterocycles. The van der Waals surface area contributed by atoms with Gasteiger partial charge in [0.05, 0.1) is 12.0 Å². The molecule has 1 aliphatic heterocycles. The van der Waals surface area contributed by atoms with E-state index in [-0.39, 0.29) is 0 Å². The average molecular weight is 236 g/mol. The Kier molecular flexibility index (Phi) is 4.57. The first kappa shape index (κ1) is 12.6. The average Bonchev–Trinajstić information content (AvgIpc) is 2.78. The molecule has 0 saturated heterocycles. The summed E-state index contributed by atoms with van der Waals surface area (Å²) in [4.78, 5) is 7.00. The molecule has 0 saturated carbocycles. The van der Waals surface area contributed by atoms with Crippen molar-refractivity contribution in [2.75, 3.05) is 26.2 Å². The van der Waals surface area contributed by atoms with E-state index in [9.17, 15) is 0 Å². The number of nitrogens with one attached hydrogen (secondary N) is 1. The number of hydrogen-bond acceptors (Lipinski definition) is 3. The van der Waals surface area contributed by atoms with Gasteiger partial charge in [0.1, 0.15) is 0 Å². The number of imidazole rings is 1. The summed E-state index contributed by atoms with van der Waals surface area (Å²) in [5, 5.41) is 3.36. The maximum absolute atomic E-state index is 4.49. The van der Waals surface area contributed by atoms with E-state index in [2.05, 4.69) is 33.6 Å². The highest BCUT2D eigenvalue weighted by Gasteiger charge is 2.14. The van der Waals surface area contributed by atoms with Crippen LogP contribution in [0.3, 0.4) is 0 Å². The van der Waals surface area contributed by atoms with Crippen LogP contribution in [0.1, 0.15) is 31.7 Å². The van der Waals surface area contributed by atoms with Gasteiger partial charge in [-0.25, -0.2) is 4.98 Å². The molecular weight excluding hydrogens is 212 g/mol. The Balaban J connectivity index is 1.92. The van der Waals surface area contributed by atoms with Crippen molar-refractivity contribution in [2.24, 2.45) is 0 Å². The highest BCUT2D eigenvalue weighted by Crippen LogP contribution is 2.12. The van der Waals surface area contributed by atoms with Crippen molar-refractivity contribution in [2.45, 2.75) is 39.8 Å². The summed E-state index contributed by atoms with van der Waals surface area (Å²) in [5.41, 5.74) is 2.69. The molecule has 1 aromatic heterocycles. The van der Waals surface area contributed by atoms with Crippen LogP contribution >= 0.6 is 0 Å². The first-order valence-corrected chi connectivity index (χ1v) is 6.81. The lowest BCUT2D eigenvalue weighted by molar-refractivity contribution is 0.275. The van der Waals surface area contributed by atoms with Gasteiger partial charge in [0, 0.05) is 38.3 Å². The summed E-state index contributed by atoms with van der Waals surface area (Å²) in [5.74, 6) is 0. The molecule has 0 bridgehead atoms. The lowest BCUT2D eigenvalue weighted by atomic mass is 10.2. The Morgan fingerprint density at radius 1 is 1.41 bits per heavy atom. The summed E-state index contributed by atoms with van der Waals surface area (Å²) >= 11 is 0. The van der Waals surface area contributed by atoms with Crippen molar-refractivity contribution in [3.8, 4) is 0 Å². The summed E-state index contributed by atoms with van der Waals surface area (Å²) < 4.78 is 2.34. The number of fused-ring (bicyclic) bond motifs is 1. The SMILES string of the molecule is CCCN(CC)CCn1cnc2c1CCNC2. The molecule has 0 atom stereocenters. The molecule has 0 amide bonds. The number of nitrogens with zero attached hydrogens (tertiary/aromatic N) is 3. The monoisotopic (exact) mass is 236 g/mol. The van der Waals surface area contributed by atoms with E-state index in [1.165, 1.54) is 24.4 Å². The van der Waals surface area contributed by atoms with Crippen LogP contribution in [0.2, 0.25) is 0 Å². The smallest absolute Gasteiger partial charge is 0.0952 e. The quantitative estimate of drug-likeness (QED) is 0.807. The van der Waals surface area contributed by atoms with E-state index >= 15 is 0 Å². The molecule has 0 spiro atoms. The topological polar surface area (TPSA) is 33.1 Å². The Bertz CT molecular complexity index is 345. The Hall–Kier alpha value is -0.870. The van der Waals surface area contributed by atoms with E-state index in [0.717, 1.165) is 39.1 Å². The molecule has 0 fully saturated rings. The van der Waals surface area contributed by atoms with Crippen LogP contribution in [0.5, 0.6) is 0 Å². The van der Waals surface area contributed by atoms with Crippen molar-refractivity contribution in [1.29, 1.82) is 0 Å². The minimum absolute atomic E-state index is 0.939. The zero-order chi connectivity index (χ0) is 12.1. The van der Waals surface area contributed by atoms with Gasteiger partial charge in [0.15, 0.2) is 0 Å². The second-order valence-corrected chi connectivity index (χ2v) is 4.69. The van der Waals surface area contributed by atoms with Gasteiger partial charge in [-0.3, -0.25) is 0 Å². The van der Waals surface area contributed by atoms with Gasteiger partial charge in [0.25, 0.3) is 0 Å². The summed E-state index contributed by atoms with van der Waals surface area (Å²) in [6.45, 7) is 11.1. The highest BCUT2D eigenvalue weighted by atomic mass is 15.2. The van der Waals surface area contributed by atoms with Gasteiger partial charge in [-0.2, -0.15) is 0 Å². The number of rotatable bonds is 6. The third-order valence-electron chi connectivity index (χ3n) is 3.51. The Morgan fingerprint density at radius 2 is 2.29 bits per heavy atom. The van der Waals surface area contributed by atoms with Crippen LogP contribution in [0.4, 0.5) is 0 Å². The molecule has 0 aliphatic carbocycles. The zero-order valence-electron chi connectivity index (χ0n) is 11.1. The summed E-state index contributed by atoms with van der Waals surface area (Å²) in [6.07, 6.45) is 4.37. The lowest BCUT2D eigenvalue weighted by Crippen LogP contribution is -2.29. The van der Waals surface area contributed by atoms with Crippen LogP contribution in [-0.4, -0.2) is 40.6 Å². The van der Waals surface area contributed by atoms with Gasteiger partial charge in [-0.1, -0.05) is 13.8 Å². The number of hydrogen-bond donors (Lipinski definition) is 1. The molecule has 0 radical (unpaired) electrons. The second kappa shape index (κ2) is 6.17. The van der Waals surface area contributed by atoms with Crippen LogP contribution in [0.25, 0.3) is 0 Å². The molecule has 1 aliphatic rings. The first-order valence-electron chi connectivity index (χ1n) is 6.81. The third-order valence-corrected chi connectivity index (χ3v) is 3.51. The molecule has 1 N–H and O–H groups in total. The molecule has 0 aromatic carbocycles. The molecule has 1 aromatic rings. The molecular formula is C13H24N4. The van der Waals surface area contributed by atoms with Crippen molar-refractivity contribution >= 4 is 0 Å². The molecule has 4 heteroatoms. The fourth-order valence-electron chi connectivity index (χ4n) is 2.48. The van der Waals surface area contributed by atoms with E-state index in [1.807, 2.05) is 6.33 Å². The summed E-state index contributed by atoms with van der Waals surface area (Å²) in [7, 11) is 0. The van der Waals surface area contributed by atoms with Gasteiger partial charge >= 0.3 is 0 Å². The van der Waals surface area contributed by atoms with Crippen molar-refractivity contribution < 1.29 is 0 Å². The van der Waals surface area contributed by atoms with Crippen molar-refractivity contribution in [3.05, 3.63) is 17.7 Å². The maximum atomic E-state index is 4.49. The van der Waals surface area contributed by atoms with Gasteiger partial charge in [-0.05, 0) is 19.5 Å². The normalized spacial score (nSPS) is 15.2. The van der Waals surface area contributed by atoms with E-state index in [4.69, 9.17) is 0 Å². The van der Waals surface area contributed by atoms with Crippen LogP contribution < -0.4 is 5.32 Å². The zero-order valence-corrected chi connectivity index (χ0v) is 11.1. The van der Waals surface area contributed by atoms with Crippen molar-refractivity contribution in [1.82, 2.24) is 19.8 Å². The minimum Gasteiger partial charge on any atom is -0.333 e. The third kappa shape index (κ3) is 3.07. The first-order chi connectivity index (χ1) is 8.35. The van der Waals surface area contributed by atoms with Crippen LogP contribution in [0.15, 0.2) is 6.33 Å². The van der Waals surface area contributed by atoms with Crippen LogP contribution in [-0.2, 0) is 19.5 Å². The van der Waals surface area contributed by atoms with Gasteiger partial charge < -0.3 is 14.8 Å². The van der Waals surface area contributed by atoms with Crippen molar-refractivity contribution in [3.63, 3.8) is 0 Å².